The predicted octanol–water partition coefficient (Wildman–Crippen LogP) is 2.77. The van der Waals surface area contributed by atoms with Crippen LogP contribution in [0, 0.1) is 0 Å². The summed E-state index contributed by atoms with van der Waals surface area (Å²) in [6.07, 6.45) is 5.10. The zero-order valence-corrected chi connectivity index (χ0v) is 13.0. The van der Waals surface area contributed by atoms with Crippen molar-refractivity contribution in [3.8, 4) is 0 Å². The number of nitrogens with one attached hydrogen (secondary N) is 1. The minimum absolute atomic E-state index is 0.189. The Morgan fingerprint density at radius 1 is 1.32 bits per heavy atom. The number of rotatable bonds is 4. The summed E-state index contributed by atoms with van der Waals surface area (Å²) >= 11 is 1.59. The molecule has 1 aromatic heterocycles. The quantitative estimate of drug-likeness (QED) is 0.921. The van der Waals surface area contributed by atoms with Gasteiger partial charge in [-0.2, -0.15) is 4.37 Å². The van der Waals surface area contributed by atoms with E-state index in [1.807, 2.05) is 0 Å². The molecule has 0 spiro atoms. The molecule has 1 aromatic rings. The van der Waals surface area contributed by atoms with Crippen molar-refractivity contribution >= 4 is 16.7 Å². The molecule has 2 fully saturated rings. The topological polar surface area (TPSA) is 41.0 Å². The highest BCUT2D eigenvalue weighted by Crippen LogP contribution is 2.40. The minimum Gasteiger partial charge on any atom is -0.343 e. The average molecular weight is 280 g/mol. The highest BCUT2D eigenvalue weighted by Gasteiger charge is 2.31. The maximum atomic E-state index is 4.75. The van der Waals surface area contributed by atoms with Crippen LogP contribution in [0.15, 0.2) is 0 Å². The molecule has 0 amide bonds. The van der Waals surface area contributed by atoms with Gasteiger partial charge < -0.3 is 10.2 Å². The zero-order valence-electron chi connectivity index (χ0n) is 12.1. The van der Waals surface area contributed by atoms with Gasteiger partial charge in [0.15, 0.2) is 0 Å². The lowest BCUT2D eigenvalue weighted by atomic mass is 10.1. The first kappa shape index (κ1) is 13.3. The summed E-state index contributed by atoms with van der Waals surface area (Å²) in [5.74, 6) is 1.76. The fourth-order valence-corrected chi connectivity index (χ4v) is 3.42. The van der Waals surface area contributed by atoms with Crippen molar-refractivity contribution in [1.82, 2.24) is 14.7 Å². The van der Waals surface area contributed by atoms with Gasteiger partial charge in [-0.15, -0.1) is 0 Å². The van der Waals surface area contributed by atoms with E-state index in [-0.39, 0.29) is 5.54 Å². The molecule has 1 unspecified atom stereocenters. The molecule has 1 saturated heterocycles. The fourth-order valence-electron chi connectivity index (χ4n) is 2.57. The first-order valence-electron chi connectivity index (χ1n) is 7.38. The smallest absolute Gasteiger partial charge is 0.205 e. The summed E-state index contributed by atoms with van der Waals surface area (Å²) in [5, 5.41) is 4.76. The van der Waals surface area contributed by atoms with E-state index in [1.54, 1.807) is 11.5 Å². The van der Waals surface area contributed by atoms with Crippen molar-refractivity contribution in [3.05, 3.63) is 5.82 Å². The van der Waals surface area contributed by atoms with Crippen molar-refractivity contribution in [2.45, 2.75) is 64.0 Å². The third-order valence-corrected chi connectivity index (χ3v) is 4.63. The van der Waals surface area contributed by atoms with Gasteiger partial charge in [-0.25, -0.2) is 4.98 Å². The van der Waals surface area contributed by atoms with E-state index < -0.39 is 0 Å². The molecule has 4 nitrogen and oxygen atoms in total. The highest BCUT2D eigenvalue weighted by atomic mass is 32.1. The van der Waals surface area contributed by atoms with Gasteiger partial charge in [0.25, 0.3) is 0 Å². The molecule has 5 heteroatoms. The Kier molecular flexibility index (Phi) is 3.52. The highest BCUT2D eigenvalue weighted by molar-refractivity contribution is 7.09. The summed E-state index contributed by atoms with van der Waals surface area (Å²) < 4.78 is 4.53. The standard InChI is InChI=1S/C14H24N4S/c1-14(2,3)15-9-11-5-4-8-18(11)13-16-12(17-19-13)10-6-7-10/h10-11,15H,4-9H2,1-3H3. The molecule has 1 atom stereocenters. The van der Waals surface area contributed by atoms with Crippen molar-refractivity contribution < 1.29 is 0 Å². The molecule has 1 aliphatic carbocycles. The molecule has 0 radical (unpaired) electrons. The first-order valence-corrected chi connectivity index (χ1v) is 8.15. The van der Waals surface area contributed by atoms with Crippen molar-refractivity contribution in [2.24, 2.45) is 0 Å². The van der Waals surface area contributed by atoms with Gasteiger partial charge in [0.1, 0.15) is 5.82 Å². The summed E-state index contributed by atoms with van der Waals surface area (Å²) in [7, 11) is 0. The van der Waals surface area contributed by atoms with Crippen LogP contribution in [0.3, 0.4) is 0 Å². The van der Waals surface area contributed by atoms with E-state index in [0.717, 1.165) is 24.0 Å². The second kappa shape index (κ2) is 5.02. The van der Waals surface area contributed by atoms with E-state index >= 15 is 0 Å². The predicted molar refractivity (Wildman–Crippen MR) is 80.0 cm³/mol. The molecule has 1 aliphatic heterocycles. The average Bonchev–Trinajstić information content (AvgIpc) is 2.91. The molecule has 2 aliphatic rings. The Hall–Kier alpha value is -0.680. The fraction of sp³-hybridized carbons (Fsp3) is 0.857. The second-order valence-corrected chi connectivity index (χ2v) is 7.56. The summed E-state index contributed by atoms with van der Waals surface area (Å²) in [6, 6.07) is 0.583. The van der Waals surface area contributed by atoms with Gasteiger partial charge in [0.05, 0.1) is 0 Å². The van der Waals surface area contributed by atoms with Gasteiger partial charge in [-0.1, -0.05) is 0 Å². The lowest BCUT2D eigenvalue weighted by molar-refractivity contribution is 0.405. The van der Waals surface area contributed by atoms with Crippen molar-refractivity contribution in [3.63, 3.8) is 0 Å². The molecular weight excluding hydrogens is 256 g/mol. The molecule has 3 rings (SSSR count). The zero-order chi connectivity index (χ0) is 13.5. The lowest BCUT2D eigenvalue weighted by Gasteiger charge is -2.28. The molecule has 19 heavy (non-hydrogen) atoms. The maximum absolute atomic E-state index is 4.75. The van der Waals surface area contributed by atoms with E-state index in [1.165, 1.54) is 25.7 Å². The van der Waals surface area contributed by atoms with E-state index in [9.17, 15) is 0 Å². The summed E-state index contributed by atoms with van der Waals surface area (Å²) in [6.45, 7) is 8.85. The second-order valence-electron chi connectivity index (χ2n) is 6.83. The molecular formula is C14H24N4S. The molecule has 0 aromatic carbocycles. The van der Waals surface area contributed by atoms with Gasteiger partial charge >= 0.3 is 0 Å². The Labute approximate surface area is 119 Å². The van der Waals surface area contributed by atoms with E-state index in [4.69, 9.17) is 4.98 Å². The van der Waals surface area contributed by atoms with Crippen LogP contribution in [0.4, 0.5) is 5.13 Å². The van der Waals surface area contributed by atoms with Crippen molar-refractivity contribution in [1.29, 1.82) is 0 Å². The maximum Gasteiger partial charge on any atom is 0.205 e. The van der Waals surface area contributed by atoms with Crippen LogP contribution < -0.4 is 10.2 Å². The third-order valence-electron chi connectivity index (χ3n) is 3.86. The molecule has 1 N–H and O–H groups in total. The Bertz CT molecular complexity index is 433. The molecule has 0 bridgehead atoms. The van der Waals surface area contributed by atoms with Crippen molar-refractivity contribution in [2.75, 3.05) is 18.0 Å². The monoisotopic (exact) mass is 280 g/mol. The minimum atomic E-state index is 0.189. The normalized spacial score (nSPS) is 24.2. The third kappa shape index (κ3) is 3.26. The SMILES string of the molecule is CC(C)(C)NCC1CCCN1c1nc(C2CC2)ns1. The molecule has 2 heterocycles. The first-order chi connectivity index (χ1) is 9.03. The number of aromatic nitrogens is 2. The van der Waals surface area contributed by atoms with Crippen LogP contribution in [0.2, 0.25) is 0 Å². The summed E-state index contributed by atoms with van der Waals surface area (Å²) in [5.41, 5.74) is 0.189. The summed E-state index contributed by atoms with van der Waals surface area (Å²) in [4.78, 5) is 7.22. The van der Waals surface area contributed by atoms with Crippen LogP contribution in [-0.4, -0.2) is 34.0 Å². The van der Waals surface area contributed by atoms with Gasteiger partial charge in [-0.05, 0) is 46.5 Å². The van der Waals surface area contributed by atoms with E-state index in [0.29, 0.717) is 12.0 Å². The number of anilines is 1. The van der Waals surface area contributed by atoms with Crippen LogP contribution in [-0.2, 0) is 0 Å². The largest absolute Gasteiger partial charge is 0.343 e. The van der Waals surface area contributed by atoms with Gasteiger partial charge in [0.2, 0.25) is 5.13 Å². The van der Waals surface area contributed by atoms with Gasteiger partial charge in [0, 0.05) is 42.1 Å². The van der Waals surface area contributed by atoms with Crippen LogP contribution in [0.1, 0.15) is 58.2 Å². The number of hydrogen-bond acceptors (Lipinski definition) is 5. The van der Waals surface area contributed by atoms with Gasteiger partial charge in [-0.3, -0.25) is 0 Å². The number of hydrogen-bond donors (Lipinski definition) is 1. The Morgan fingerprint density at radius 2 is 2.11 bits per heavy atom. The molecule has 1 saturated carbocycles. The molecule has 106 valence electrons. The van der Waals surface area contributed by atoms with Crippen LogP contribution in [0.5, 0.6) is 0 Å². The lowest BCUT2D eigenvalue weighted by Crippen LogP contribution is -2.45. The van der Waals surface area contributed by atoms with Crippen LogP contribution in [0.25, 0.3) is 0 Å². The number of nitrogens with zero attached hydrogens (tertiary/aromatic N) is 3. The Morgan fingerprint density at radius 3 is 2.79 bits per heavy atom. The Balaban J connectivity index is 1.64. The van der Waals surface area contributed by atoms with E-state index in [2.05, 4.69) is 35.4 Å². The van der Waals surface area contributed by atoms with Crippen LogP contribution >= 0.6 is 11.5 Å².